The zero-order chi connectivity index (χ0) is 24.0. The second kappa shape index (κ2) is 8.26. The highest BCUT2D eigenvalue weighted by Crippen LogP contribution is 2.35. The summed E-state index contributed by atoms with van der Waals surface area (Å²) in [4.78, 5) is 55.0. The topological polar surface area (TPSA) is 113 Å². The molecule has 2 aliphatic heterocycles. The molecule has 0 radical (unpaired) electrons. The molecule has 34 heavy (non-hydrogen) atoms. The Kier molecular flexibility index (Phi) is 5.24. The molecule has 1 aromatic heterocycles. The molecule has 3 aromatic rings. The number of hydrogen-bond acceptors (Lipinski definition) is 5. The van der Waals surface area contributed by atoms with Crippen LogP contribution in [0.4, 0.5) is 0 Å². The number of nitrogens with zero attached hydrogens (tertiary/aromatic N) is 3. The lowest BCUT2D eigenvalue weighted by molar-refractivity contribution is -0.136. The number of amides is 4. The number of carbonyl (C=O) groups is 4. The van der Waals surface area contributed by atoms with E-state index in [2.05, 4.69) is 15.6 Å². The molecule has 9 heteroatoms. The fourth-order valence-electron chi connectivity index (χ4n) is 4.66. The molecule has 0 bridgehead atoms. The lowest BCUT2D eigenvalue weighted by Crippen LogP contribution is -2.52. The number of fused-ring (bicyclic) bond motifs is 1. The van der Waals surface area contributed by atoms with Gasteiger partial charge in [-0.05, 0) is 36.2 Å². The van der Waals surface area contributed by atoms with E-state index in [1.165, 1.54) is 4.90 Å². The summed E-state index contributed by atoms with van der Waals surface area (Å²) >= 11 is 0. The van der Waals surface area contributed by atoms with Crippen LogP contribution >= 0.6 is 0 Å². The molecule has 5 rings (SSSR count). The third kappa shape index (κ3) is 3.55. The predicted octanol–water partition coefficient (Wildman–Crippen LogP) is 1.87. The van der Waals surface area contributed by atoms with E-state index in [1.807, 2.05) is 41.9 Å². The molecule has 1 saturated heterocycles. The first kappa shape index (κ1) is 21.6. The standard InChI is InChI=1S/C25H23N5O4/c1-26-23(32)16-5-3-4-15(11-16)22-21(27-13-29(22)2)14-6-7-18-17(10-14)12-30(25(18)34)19-8-9-20(31)28-24(19)33/h3-7,10-11,13,19H,8-9,12H2,1-2H3,(H,26,32)(H,28,31,33). The number of aromatic nitrogens is 2. The Bertz CT molecular complexity index is 1360. The minimum absolute atomic E-state index is 0.171. The number of piperidine rings is 1. The van der Waals surface area contributed by atoms with Crippen LogP contribution in [-0.2, 0) is 23.2 Å². The fourth-order valence-corrected chi connectivity index (χ4v) is 4.66. The quantitative estimate of drug-likeness (QED) is 0.581. The highest BCUT2D eigenvalue weighted by atomic mass is 16.2. The Morgan fingerprint density at radius 1 is 1.12 bits per heavy atom. The molecular formula is C25H23N5O4. The number of nitrogens with one attached hydrogen (secondary N) is 2. The van der Waals surface area contributed by atoms with Gasteiger partial charge < -0.3 is 14.8 Å². The fraction of sp³-hybridized carbons (Fsp3) is 0.240. The summed E-state index contributed by atoms with van der Waals surface area (Å²) in [5.41, 5.74) is 5.15. The van der Waals surface area contributed by atoms with Gasteiger partial charge in [0.2, 0.25) is 11.8 Å². The molecule has 1 atom stereocenters. The summed E-state index contributed by atoms with van der Waals surface area (Å²) in [6.07, 6.45) is 2.25. The Labute approximate surface area is 195 Å². The lowest BCUT2D eigenvalue weighted by atomic mass is 9.99. The SMILES string of the molecule is CNC(=O)c1cccc(-c2c(-c3ccc4c(c3)CN(C3CCC(=O)NC3=O)C4=O)ncn2C)c1. The molecule has 0 aliphatic carbocycles. The van der Waals surface area contributed by atoms with Crippen LogP contribution in [0, 0.1) is 0 Å². The lowest BCUT2D eigenvalue weighted by Gasteiger charge is -2.29. The van der Waals surface area contributed by atoms with Crippen LogP contribution in [0.15, 0.2) is 48.8 Å². The van der Waals surface area contributed by atoms with Crippen LogP contribution in [0.2, 0.25) is 0 Å². The number of hydrogen-bond donors (Lipinski definition) is 2. The number of aryl methyl sites for hydroxylation is 1. The van der Waals surface area contributed by atoms with Crippen molar-refractivity contribution in [2.45, 2.75) is 25.4 Å². The van der Waals surface area contributed by atoms with E-state index in [0.717, 1.165) is 28.1 Å². The van der Waals surface area contributed by atoms with Crippen molar-refractivity contribution in [2.24, 2.45) is 7.05 Å². The molecule has 172 valence electrons. The molecule has 1 fully saturated rings. The number of imide groups is 1. The van der Waals surface area contributed by atoms with Gasteiger partial charge in [-0.15, -0.1) is 0 Å². The minimum Gasteiger partial charge on any atom is -0.355 e. The maximum Gasteiger partial charge on any atom is 0.255 e. The first-order chi connectivity index (χ1) is 16.4. The van der Waals surface area contributed by atoms with Crippen molar-refractivity contribution in [3.63, 3.8) is 0 Å². The molecule has 9 nitrogen and oxygen atoms in total. The maximum absolute atomic E-state index is 13.0. The van der Waals surface area contributed by atoms with E-state index in [1.54, 1.807) is 25.5 Å². The summed E-state index contributed by atoms with van der Waals surface area (Å²) in [6, 6.07) is 12.2. The molecule has 2 aromatic carbocycles. The first-order valence-electron chi connectivity index (χ1n) is 11.0. The number of rotatable bonds is 4. The van der Waals surface area contributed by atoms with Crippen molar-refractivity contribution in [2.75, 3.05) is 7.05 Å². The number of imidazole rings is 1. The number of benzene rings is 2. The maximum atomic E-state index is 13.0. The second-order valence-corrected chi connectivity index (χ2v) is 8.48. The third-order valence-corrected chi connectivity index (χ3v) is 6.36. The molecule has 1 unspecified atom stereocenters. The van der Waals surface area contributed by atoms with Crippen LogP contribution in [-0.4, -0.2) is 51.2 Å². The van der Waals surface area contributed by atoms with Crippen LogP contribution < -0.4 is 10.6 Å². The molecule has 0 spiro atoms. The van der Waals surface area contributed by atoms with E-state index < -0.39 is 11.9 Å². The van der Waals surface area contributed by atoms with Crippen molar-refractivity contribution < 1.29 is 19.2 Å². The normalized spacial score (nSPS) is 17.5. The average Bonchev–Trinajstić information content (AvgIpc) is 3.38. The van der Waals surface area contributed by atoms with Crippen LogP contribution in [0.1, 0.15) is 39.1 Å². The monoisotopic (exact) mass is 457 g/mol. The largest absolute Gasteiger partial charge is 0.355 e. The van der Waals surface area contributed by atoms with E-state index in [9.17, 15) is 19.2 Å². The zero-order valence-electron chi connectivity index (χ0n) is 18.8. The van der Waals surface area contributed by atoms with Gasteiger partial charge in [0.25, 0.3) is 11.8 Å². The van der Waals surface area contributed by atoms with Crippen LogP contribution in [0.3, 0.4) is 0 Å². The predicted molar refractivity (Wildman–Crippen MR) is 124 cm³/mol. The van der Waals surface area contributed by atoms with Gasteiger partial charge in [0.15, 0.2) is 0 Å². The van der Waals surface area contributed by atoms with Crippen molar-refractivity contribution in [1.29, 1.82) is 0 Å². The van der Waals surface area contributed by atoms with Gasteiger partial charge in [-0.1, -0.05) is 18.2 Å². The Morgan fingerprint density at radius 3 is 2.71 bits per heavy atom. The van der Waals surface area contributed by atoms with Gasteiger partial charge in [0, 0.05) is 49.3 Å². The van der Waals surface area contributed by atoms with E-state index in [0.29, 0.717) is 24.1 Å². The zero-order valence-corrected chi connectivity index (χ0v) is 18.8. The summed E-state index contributed by atoms with van der Waals surface area (Å²) < 4.78 is 1.90. The van der Waals surface area contributed by atoms with Crippen molar-refractivity contribution in [3.05, 3.63) is 65.5 Å². The summed E-state index contributed by atoms with van der Waals surface area (Å²) in [5.74, 6) is -1.12. The molecular weight excluding hydrogens is 434 g/mol. The van der Waals surface area contributed by atoms with Gasteiger partial charge in [0.05, 0.1) is 17.7 Å². The summed E-state index contributed by atoms with van der Waals surface area (Å²) in [6.45, 7) is 0.294. The third-order valence-electron chi connectivity index (χ3n) is 6.36. The summed E-state index contributed by atoms with van der Waals surface area (Å²) in [7, 11) is 3.48. The molecule has 2 N–H and O–H groups in total. The Morgan fingerprint density at radius 2 is 1.94 bits per heavy atom. The van der Waals surface area contributed by atoms with Gasteiger partial charge in [-0.25, -0.2) is 4.98 Å². The van der Waals surface area contributed by atoms with Gasteiger partial charge >= 0.3 is 0 Å². The Hall–Kier alpha value is -4.27. The van der Waals surface area contributed by atoms with Gasteiger partial charge in [0.1, 0.15) is 6.04 Å². The smallest absolute Gasteiger partial charge is 0.255 e. The van der Waals surface area contributed by atoms with E-state index in [-0.39, 0.29) is 24.1 Å². The highest BCUT2D eigenvalue weighted by Gasteiger charge is 2.39. The molecule has 0 saturated carbocycles. The van der Waals surface area contributed by atoms with Crippen LogP contribution in [0.5, 0.6) is 0 Å². The molecule has 3 heterocycles. The highest BCUT2D eigenvalue weighted by molar-refractivity contribution is 6.05. The van der Waals surface area contributed by atoms with Crippen molar-refractivity contribution in [1.82, 2.24) is 25.1 Å². The summed E-state index contributed by atoms with van der Waals surface area (Å²) in [5, 5.41) is 4.96. The second-order valence-electron chi connectivity index (χ2n) is 8.48. The minimum atomic E-state index is -0.654. The first-order valence-corrected chi connectivity index (χ1v) is 11.0. The van der Waals surface area contributed by atoms with Crippen molar-refractivity contribution >= 4 is 23.6 Å². The Balaban J connectivity index is 1.49. The number of carbonyl (C=O) groups excluding carboxylic acids is 4. The van der Waals surface area contributed by atoms with Gasteiger partial charge in [-0.3, -0.25) is 24.5 Å². The molecule has 2 aliphatic rings. The average molecular weight is 457 g/mol. The van der Waals surface area contributed by atoms with E-state index >= 15 is 0 Å². The van der Waals surface area contributed by atoms with Crippen LogP contribution in [0.25, 0.3) is 22.5 Å². The van der Waals surface area contributed by atoms with Crippen molar-refractivity contribution in [3.8, 4) is 22.5 Å². The van der Waals surface area contributed by atoms with E-state index in [4.69, 9.17) is 0 Å². The molecule has 4 amide bonds. The van der Waals surface area contributed by atoms with Gasteiger partial charge in [-0.2, -0.15) is 0 Å².